The maximum absolute atomic E-state index is 9.73. The molecule has 0 aliphatic carbocycles. The van der Waals surface area contributed by atoms with Gasteiger partial charge in [-0.2, -0.15) is 0 Å². The smallest absolute Gasteiger partial charge is 0.317 e. The van der Waals surface area contributed by atoms with Gasteiger partial charge in [0.05, 0.1) is 13.1 Å². The highest BCUT2D eigenvalue weighted by Gasteiger charge is 1.97. The van der Waals surface area contributed by atoms with E-state index in [1.165, 1.54) is 0 Å². The average molecular weight is 151 g/mol. The molecule has 0 aliphatic rings. The number of hydrogen-bond acceptors (Lipinski definition) is 3. The Morgan fingerprint density at radius 1 is 1.10 bits per heavy atom. The zero-order valence-corrected chi connectivity index (χ0v) is 5.13. The van der Waals surface area contributed by atoms with E-state index in [9.17, 15) is 9.59 Å². The minimum Gasteiger partial charge on any atom is -0.480 e. The van der Waals surface area contributed by atoms with Gasteiger partial charge in [0.25, 0.3) is 0 Å². The van der Waals surface area contributed by atoms with Crippen LogP contribution < -0.4 is 5.32 Å². The van der Waals surface area contributed by atoms with Crippen LogP contribution in [-0.4, -0.2) is 40.7 Å². The van der Waals surface area contributed by atoms with Gasteiger partial charge in [-0.25, -0.2) is 0 Å². The highest BCUT2D eigenvalue weighted by atomic mass is 16.4. The number of hydrogen-bond donors (Lipinski definition) is 3. The topological polar surface area (TPSA) is 118 Å². The van der Waals surface area contributed by atoms with Crippen molar-refractivity contribution in [2.24, 2.45) is 0 Å². The molecule has 0 fully saturated rings. The van der Waals surface area contributed by atoms with Crippen molar-refractivity contribution in [3.05, 3.63) is 0 Å². The molecule has 6 heteroatoms. The first-order valence-electron chi connectivity index (χ1n) is 2.27. The van der Waals surface area contributed by atoms with Crippen LogP contribution in [0.1, 0.15) is 0 Å². The summed E-state index contributed by atoms with van der Waals surface area (Å²) in [4.78, 5) is 19.5. The molecule has 5 N–H and O–H groups in total. The highest BCUT2D eigenvalue weighted by molar-refractivity contribution is 5.72. The molecular weight excluding hydrogens is 142 g/mol. The Hall–Kier alpha value is -1.14. The molecule has 0 saturated heterocycles. The molecular formula is C4H9NO5. The monoisotopic (exact) mass is 151 g/mol. The van der Waals surface area contributed by atoms with Gasteiger partial charge in [0.15, 0.2) is 0 Å². The van der Waals surface area contributed by atoms with Gasteiger partial charge in [-0.15, -0.1) is 0 Å². The predicted octanol–water partition coefficient (Wildman–Crippen LogP) is -2.08. The first-order valence-corrected chi connectivity index (χ1v) is 2.27. The van der Waals surface area contributed by atoms with E-state index in [0.717, 1.165) is 0 Å². The molecule has 0 heterocycles. The Morgan fingerprint density at radius 2 is 1.40 bits per heavy atom. The van der Waals surface area contributed by atoms with Crippen LogP contribution in [0, 0.1) is 0 Å². The third-order valence-electron chi connectivity index (χ3n) is 0.552. The Kier molecular flexibility index (Phi) is 6.96. The summed E-state index contributed by atoms with van der Waals surface area (Å²) in [5, 5.41) is 18.1. The summed E-state index contributed by atoms with van der Waals surface area (Å²) in [6.45, 7) is -0.626. The lowest BCUT2D eigenvalue weighted by atomic mass is 10.6. The first kappa shape index (κ1) is 11.6. The largest absolute Gasteiger partial charge is 0.480 e. The fraction of sp³-hybridized carbons (Fsp3) is 0.500. The molecule has 0 rings (SSSR count). The number of carboxylic acid groups (broad SMARTS) is 2. The molecule has 0 aliphatic heterocycles. The molecule has 10 heavy (non-hydrogen) atoms. The van der Waals surface area contributed by atoms with E-state index in [1.807, 2.05) is 0 Å². The second kappa shape index (κ2) is 5.99. The fourth-order valence-electron chi connectivity index (χ4n) is 0.276. The number of carboxylic acids is 2. The van der Waals surface area contributed by atoms with Gasteiger partial charge in [0.1, 0.15) is 0 Å². The number of nitrogens with one attached hydrogen (secondary N) is 1. The Balaban J connectivity index is 0. The lowest BCUT2D eigenvalue weighted by Gasteiger charge is -1.93. The summed E-state index contributed by atoms with van der Waals surface area (Å²) < 4.78 is 0. The molecule has 0 atom stereocenters. The number of carbonyl (C=O) groups is 2. The van der Waals surface area contributed by atoms with E-state index < -0.39 is 11.9 Å². The van der Waals surface area contributed by atoms with Crippen LogP contribution in [0.3, 0.4) is 0 Å². The molecule has 0 aromatic rings. The van der Waals surface area contributed by atoms with E-state index in [4.69, 9.17) is 10.2 Å². The molecule has 0 aromatic heterocycles. The van der Waals surface area contributed by atoms with Gasteiger partial charge in [-0.1, -0.05) is 0 Å². The highest BCUT2D eigenvalue weighted by Crippen LogP contribution is 1.61. The third-order valence-corrected chi connectivity index (χ3v) is 0.552. The summed E-state index contributed by atoms with van der Waals surface area (Å²) >= 11 is 0. The second-order valence-electron chi connectivity index (χ2n) is 1.39. The van der Waals surface area contributed by atoms with Gasteiger partial charge in [-0.05, 0) is 0 Å². The molecule has 0 aromatic carbocycles. The Bertz CT molecular complexity index is 109. The van der Waals surface area contributed by atoms with E-state index in [0.29, 0.717) is 0 Å². The molecule has 0 saturated carbocycles. The lowest BCUT2D eigenvalue weighted by molar-refractivity contribution is -0.137. The minimum atomic E-state index is -1.06. The molecule has 0 spiro atoms. The van der Waals surface area contributed by atoms with Crippen LogP contribution in [0.15, 0.2) is 0 Å². The Morgan fingerprint density at radius 3 is 1.60 bits per heavy atom. The molecule has 0 bridgehead atoms. The van der Waals surface area contributed by atoms with Gasteiger partial charge < -0.3 is 15.7 Å². The lowest BCUT2D eigenvalue weighted by Crippen LogP contribution is -2.27. The van der Waals surface area contributed by atoms with Crippen LogP contribution in [0.2, 0.25) is 0 Å². The van der Waals surface area contributed by atoms with Crippen molar-refractivity contribution in [2.75, 3.05) is 13.1 Å². The first-order chi connectivity index (χ1) is 4.13. The summed E-state index contributed by atoms with van der Waals surface area (Å²) in [5.74, 6) is -2.12. The van der Waals surface area contributed by atoms with Crippen molar-refractivity contribution in [3.63, 3.8) is 0 Å². The SMILES string of the molecule is O.O=C(O)CNCC(=O)O. The summed E-state index contributed by atoms with van der Waals surface area (Å²) in [5.41, 5.74) is 0. The van der Waals surface area contributed by atoms with Crippen molar-refractivity contribution < 1.29 is 25.3 Å². The Labute approximate surface area is 56.8 Å². The summed E-state index contributed by atoms with van der Waals surface area (Å²) in [7, 11) is 0. The van der Waals surface area contributed by atoms with E-state index in [-0.39, 0.29) is 18.6 Å². The van der Waals surface area contributed by atoms with Gasteiger partial charge in [-0.3, -0.25) is 14.9 Å². The second-order valence-corrected chi connectivity index (χ2v) is 1.39. The van der Waals surface area contributed by atoms with E-state index in [1.54, 1.807) is 0 Å². The number of rotatable bonds is 4. The van der Waals surface area contributed by atoms with Crippen LogP contribution in [0.4, 0.5) is 0 Å². The van der Waals surface area contributed by atoms with Crippen LogP contribution in [0.5, 0.6) is 0 Å². The van der Waals surface area contributed by atoms with Crippen molar-refractivity contribution in [1.82, 2.24) is 5.32 Å². The maximum atomic E-state index is 9.73. The minimum absolute atomic E-state index is 0. The van der Waals surface area contributed by atoms with Gasteiger partial charge in [0.2, 0.25) is 0 Å². The van der Waals surface area contributed by atoms with Crippen molar-refractivity contribution >= 4 is 11.9 Å². The predicted molar refractivity (Wildman–Crippen MR) is 31.8 cm³/mol. The summed E-state index contributed by atoms with van der Waals surface area (Å²) in [6, 6.07) is 0. The van der Waals surface area contributed by atoms with Crippen LogP contribution in [0.25, 0.3) is 0 Å². The van der Waals surface area contributed by atoms with Crippen molar-refractivity contribution in [3.8, 4) is 0 Å². The van der Waals surface area contributed by atoms with Crippen LogP contribution >= 0.6 is 0 Å². The number of aliphatic carboxylic acids is 2. The molecule has 0 unspecified atom stereocenters. The maximum Gasteiger partial charge on any atom is 0.317 e. The summed E-state index contributed by atoms with van der Waals surface area (Å²) in [6.07, 6.45) is 0. The molecule has 0 radical (unpaired) electrons. The van der Waals surface area contributed by atoms with Gasteiger partial charge in [0, 0.05) is 0 Å². The normalized spacial score (nSPS) is 8.00. The third kappa shape index (κ3) is 9.97. The molecule has 6 nitrogen and oxygen atoms in total. The van der Waals surface area contributed by atoms with Gasteiger partial charge >= 0.3 is 11.9 Å². The quantitative estimate of drug-likeness (QED) is 0.426. The standard InChI is InChI=1S/C4H7NO4.H2O/c6-3(7)1-5-2-4(8)9;/h5H,1-2H2,(H,6,7)(H,8,9);1H2. The van der Waals surface area contributed by atoms with E-state index in [2.05, 4.69) is 5.32 Å². The van der Waals surface area contributed by atoms with Crippen molar-refractivity contribution in [2.45, 2.75) is 0 Å². The fourth-order valence-corrected chi connectivity index (χ4v) is 0.276. The average Bonchev–Trinajstić information content (AvgIpc) is 1.63. The van der Waals surface area contributed by atoms with E-state index >= 15 is 0 Å². The molecule has 60 valence electrons. The zero-order valence-electron chi connectivity index (χ0n) is 5.13. The zero-order chi connectivity index (χ0) is 7.28. The van der Waals surface area contributed by atoms with Crippen molar-refractivity contribution in [1.29, 1.82) is 0 Å². The molecule has 0 amide bonds. The van der Waals surface area contributed by atoms with Crippen LogP contribution in [-0.2, 0) is 9.59 Å².